The van der Waals surface area contributed by atoms with Crippen LogP contribution in [-0.2, 0) is 9.59 Å². The Morgan fingerprint density at radius 2 is 1.30 bits per heavy atom. The Labute approximate surface area is 141 Å². The van der Waals surface area contributed by atoms with Crippen LogP contribution in [0.5, 0.6) is 0 Å². The maximum Gasteiger partial charge on any atom is 0.309 e. The zero-order valence-corrected chi connectivity index (χ0v) is 15.0. The van der Waals surface area contributed by atoms with E-state index in [1.54, 1.807) is 0 Å². The van der Waals surface area contributed by atoms with Gasteiger partial charge in [0.05, 0.1) is 0 Å². The number of carbonyl (C=O) groups excluding carboxylic acids is 2. The number of likely N-dealkylation sites (N-methyl/N-ethyl adjacent to an activating group) is 1. The molecule has 0 aromatic heterocycles. The lowest BCUT2D eigenvalue weighted by molar-refractivity contribution is -0.139. The molecule has 0 bridgehead atoms. The van der Waals surface area contributed by atoms with Gasteiger partial charge in [0.2, 0.25) is 0 Å². The van der Waals surface area contributed by atoms with E-state index in [4.69, 9.17) is 0 Å². The molecule has 0 atom stereocenters. The van der Waals surface area contributed by atoms with Gasteiger partial charge in [0.25, 0.3) is 0 Å². The molecule has 0 heterocycles. The molecule has 0 aromatic carbocycles. The van der Waals surface area contributed by atoms with Gasteiger partial charge < -0.3 is 15.5 Å². The van der Waals surface area contributed by atoms with Crippen molar-refractivity contribution in [3.8, 4) is 0 Å². The molecule has 2 amide bonds. The molecular weight excluding hydrogens is 290 g/mol. The summed E-state index contributed by atoms with van der Waals surface area (Å²) in [6, 6.07) is 0.154. The fraction of sp³-hybridized carbons (Fsp3) is 0.889. The Morgan fingerprint density at radius 3 is 1.78 bits per heavy atom. The number of nitrogens with one attached hydrogen (secondary N) is 2. The smallest absolute Gasteiger partial charge is 0.309 e. The van der Waals surface area contributed by atoms with Crippen molar-refractivity contribution in [3.63, 3.8) is 0 Å². The van der Waals surface area contributed by atoms with E-state index in [0.717, 1.165) is 32.2 Å². The van der Waals surface area contributed by atoms with Crippen LogP contribution in [0.15, 0.2) is 0 Å². The first-order valence-corrected chi connectivity index (χ1v) is 9.33. The molecule has 5 nitrogen and oxygen atoms in total. The second-order valence-corrected chi connectivity index (χ2v) is 6.99. The van der Waals surface area contributed by atoms with Crippen molar-refractivity contribution in [2.75, 3.05) is 27.2 Å². The van der Waals surface area contributed by atoms with Crippen LogP contribution in [0.2, 0.25) is 0 Å². The average Bonchev–Trinajstić information content (AvgIpc) is 2.49. The van der Waals surface area contributed by atoms with E-state index in [1.807, 2.05) is 19.0 Å². The van der Waals surface area contributed by atoms with E-state index in [2.05, 4.69) is 10.6 Å². The predicted molar refractivity (Wildman–Crippen MR) is 94.3 cm³/mol. The molecule has 134 valence electrons. The number of hydrogen-bond donors (Lipinski definition) is 2. The van der Waals surface area contributed by atoms with Crippen LogP contribution < -0.4 is 10.6 Å². The van der Waals surface area contributed by atoms with Gasteiger partial charge in [-0.15, -0.1) is 0 Å². The summed E-state index contributed by atoms with van der Waals surface area (Å²) >= 11 is 0. The van der Waals surface area contributed by atoms with Crippen molar-refractivity contribution >= 4 is 11.8 Å². The van der Waals surface area contributed by atoms with Crippen molar-refractivity contribution in [1.29, 1.82) is 0 Å². The third-order valence-electron chi connectivity index (χ3n) is 4.49. The van der Waals surface area contributed by atoms with Crippen LogP contribution in [0.4, 0.5) is 0 Å². The Kier molecular flexibility index (Phi) is 10.7. The van der Waals surface area contributed by atoms with E-state index < -0.39 is 11.8 Å². The summed E-state index contributed by atoms with van der Waals surface area (Å²) in [6.45, 7) is 1.24. The highest BCUT2D eigenvalue weighted by Crippen LogP contribution is 2.16. The molecule has 0 radical (unpaired) electrons. The first-order valence-electron chi connectivity index (χ1n) is 9.33. The highest BCUT2D eigenvalue weighted by molar-refractivity contribution is 6.35. The molecule has 2 N–H and O–H groups in total. The van der Waals surface area contributed by atoms with Gasteiger partial charge in [-0.2, -0.15) is 0 Å². The molecule has 0 spiro atoms. The second-order valence-electron chi connectivity index (χ2n) is 6.99. The van der Waals surface area contributed by atoms with E-state index in [9.17, 15) is 9.59 Å². The Bertz CT molecular complexity index is 333. The molecule has 5 heteroatoms. The molecule has 1 fully saturated rings. The number of nitrogens with zero attached hydrogens (tertiary/aromatic N) is 1. The number of rotatable bonds is 4. The zero-order chi connectivity index (χ0) is 16.9. The lowest BCUT2D eigenvalue weighted by atomic mass is 9.98. The molecule has 0 aromatic rings. The molecule has 0 unspecified atom stereocenters. The SMILES string of the molecule is CN(C)CCNC(=O)C(=O)NC1CCCCCCCCCCC1. The minimum Gasteiger partial charge on any atom is -0.347 e. The van der Waals surface area contributed by atoms with E-state index >= 15 is 0 Å². The highest BCUT2D eigenvalue weighted by Gasteiger charge is 2.18. The van der Waals surface area contributed by atoms with Crippen LogP contribution >= 0.6 is 0 Å². The summed E-state index contributed by atoms with van der Waals surface area (Å²) in [5.74, 6) is -0.973. The van der Waals surface area contributed by atoms with Gasteiger partial charge in [-0.25, -0.2) is 0 Å². The second kappa shape index (κ2) is 12.3. The van der Waals surface area contributed by atoms with Gasteiger partial charge in [0.15, 0.2) is 0 Å². The standard InChI is InChI=1S/C18H35N3O2/c1-21(2)15-14-19-17(22)18(23)20-16-12-10-8-6-4-3-5-7-9-11-13-16/h16H,3-15H2,1-2H3,(H,19,22)(H,20,23). The van der Waals surface area contributed by atoms with Crippen LogP contribution in [0.25, 0.3) is 0 Å². The summed E-state index contributed by atoms with van der Waals surface area (Å²) in [7, 11) is 3.88. The third kappa shape index (κ3) is 10.3. The Hall–Kier alpha value is -1.10. The van der Waals surface area contributed by atoms with Gasteiger partial charge in [-0.05, 0) is 26.9 Å². The van der Waals surface area contributed by atoms with Gasteiger partial charge >= 0.3 is 11.8 Å². The van der Waals surface area contributed by atoms with Crippen LogP contribution in [-0.4, -0.2) is 49.9 Å². The minimum absolute atomic E-state index is 0.154. The van der Waals surface area contributed by atoms with Crippen molar-refractivity contribution in [3.05, 3.63) is 0 Å². The van der Waals surface area contributed by atoms with Crippen molar-refractivity contribution < 1.29 is 9.59 Å². The number of hydrogen-bond acceptors (Lipinski definition) is 3. The maximum absolute atomic E-state index is 12.0. The Morgan fingerprint density at radius 1 is 0.826 bits per heavy atom. The van der Waals surface area contributed by atoms with E-state index in [1.165, 1.54) is 44.9 Å². The first-order chi connectivity index (χ1) is 11.1. The fourth-order valence-corrected chi connectivity index (χ4v) is 3.03. The average molecular weight is 325 g/mol. The van der Waals surface area contributed by atoms with Gasteiger partial charge in [-0.1, -0.05) is 57.8 Å². The quantitative estimate of drug-likeness (QED) is 0.781. The molecule has 0 aliphatic heterocycles. The first kappa shape index (κ1) is 19.9. The topological polar surface area (TPSA) is 61.4 Å². The molecule has 1 aliphatic rings. The molecule has 23 heavy (non-hydrogen) atoms. The summed E-state index contributed by atoms with van der Waals surface area (Å²) in [6.07, 6.45) is 13.4. The van der Waals surface area contributed by atoms with Gasteiger partial charge in [0, 0.05) is 19.1 Å². The molecular formula is C18H35N3O2. The third-order valence-corrected chi connectivity index (χ3v) is 4.49. The molecule has 1 rings (SSSR count). The summed E-state index contributed by atoms with van der Waals surface area (Å²) in [5.41, 5.74) is 0. The normalized spacial score (nSPS) is 18.7. The monoisotopic (exact) mass is 325 g/mol. The molecule has 1 aliphatic carbocycles. The van der Waals surface area contributed by atoms with Crippen molar-refractivity contribution in [1.82, 2.24) is 15.5 Å². The summed E-state index contributed by atoms with van der Waals surface area (Å²) in [4.78, 5) is 25.8. The van der Waals surface area contributed by atoms with Crippen LogP contribution in [0.3, 0.4) is 0 Å². The minimum atomic E-state index is -0.502. The van der Waals surface area contributed by atoms with Gasteiger partial charge in [0.1, 0.15) is 0 Å². The maximum atomic E-state index is 12.0. The van der Waals surface area contributed by atoms with E-state index in [0.29, 0.717) is 6.54 Å². The van der Waals surface area contributed by atoms with Crippen LogP contribution in [0, 0.1) is 0 Å². The lowest BCUT2D eigenvalue weighted by Crippen LogP contribution is -2.46. The number of carbonyl (C=O) groups is 2. The molecule has 1 saturated carbocycles. The fourth-order valence-electron chi connectivity index (χ4n) is 3.03. The largest absolute Gasteiger partial charge is 0.347 e. The lowest BCUT2D eigenvalue weighted by Gasteiger charge is -2.19. The van der Waals surface area contributed by atoms with Gasteiger partial charge in [-0.3, -0.25) is 9.59 Å². The highest BCUT2D eigenvalue weighted by atomic mass is 16.2. The summed E-state index contributed by atoms with van der Waals surface area (Å²) in [5, 5.41) is 5.62. The van der Waals surface area contributed by atoms with Crippen LogP contribution in [0.1, 0.15) is 70.6 Å². The summed E-state index contributed by atoms with van der Waals surface area (Å²) < 4.78 is 0. The number of amides is 2. The van der Waals surface area contributed by atoms with Crippen molar-refractivity contribution in [2.24, 2.45) is 0 Å². The zero-order valence-electron chi connectivity index (χ0n) is 15.0. The Balaban J connectivity index is 2.33. The van der Waals surface area contributed by atoms with Crippen molar-refractivity contribution in [2.45, 2.75) is 76.7 Å². The van der Waals surface area contributed by atoms with E-state index in [-0.39, 0.29) is 6.04 Å². The predicted octanol–water partition coefficient (Wildman–Crippen LogP) is 2.45. The molecule has 0 saturated heterocycles.